The summed E-state index contributed by atoms with van der Waals surface area (Å²) in [5.41, 5.74) is -1.98. The van der Waals surface area contributed by atoms with Crippen LogP contribution in [0.15, 0.2) is 54.9 Å². The number of nitrogens with zero attached hydrogens (tertiary/aromatic N) is 1. The summed E-state index contributed by atoms with van der Waals surface area (Å²) in [5, 5.41) is 3.50. The van der Waals surface area contributed by atoms with Crippen LogP contribution in [-0.4, -0.2) is 17.4 Å². The van der Waals surface area contributed by atoms with E-state index in [1.165, 1.54) is 6.07 Å². The minimum atomic E-state index is -4.92. The highest BCUT2D eigenvalue weighted by atomic mass is 35.5. The van der Waals surface area contributed by atoms with Crippen molar-refractivity contribution >= 4 is 23.2 Å². The van der Waals surface area contributed by atoms with E-state index in [0.717, 1.165) is 42.7 Å². The summed E-state index contributed by atoms with van der Waals surface area (Å²) in [5.74, 6) is -2.19. The quantitative estimate of drug-likeness (QED) is 0.360. The molecule has 7 nitrogen and oxygen atoms in total. The minimum absolute atomic E-state index is 0.0279. The number of carbonyl (C=O) groups excluding carboxylic acids is 1. The van der Waals surface area contributed by atoms with Crippen LogP contribution < -0.4 is 19.3 Å². The molecule has 174 valence electrons. The van der Waals surface area contributed by atoms with Crippen LogP contribution in [0.1, 0.15) is 15.9 Å². The zero-order chi connectivity index (χ0) is 24.4. The van der Waals surface area contributed by atoms with Gasteiger partial charge in [-0.1, -0.05) is 11.6 Å². The maximum absolute atomic E-state index is 13.3. The van der Waals surface area contributed by atoms with Crippen LogP contribution in [0, 0.1) is 4.91 Å². The summed E-state index contributed by atoms with van der Waals surface area (Å²) in [7, 11) is 0. The summed E-state index contributed by atoms with van der Waals surface area (Å²) < 4.78 is 86.2. The highest BCUT2D eigenvalue weighted by Crippen LogP contribution is 2.41. The first kappa shape index (κ1) is 23.9. The van der Waals surface area contributed by atoms with E-state index in [-0.39, 0.29) is 11.4 Å². The average molecular weight is 495 g/mol. The Morgan fingerprint density at radius 2 is 1.61 bits per heavy atom. The predicted molar refractivity (Wildman–Crippen MR) is 102 cm³/mol. The zero-order valence-electron chi connectivity index (χ0n) is 15.9. The number of aromatic amines is 1. The van der Waals surface area contributed by atoms with Crippen molar-refractivity contribution < 1.29 is 45.2 Å². The topological polar surface area (TPSA) is 86.3 Å². The van der Waals surface area contributed by atoms with E-state index >= 15 is 0 Å². The van der Waals surface area contributed by atoms with Crippen LogP contribution in [0.4, 0.5) is 32.0 Å². The van der Waals surface area contributed by atoms with E-state index in [9.17, 15) is 36.0 Å². The first-order chi connectivity index (χ1) is 15.3. The summed E-state index contributed by atoms with van der Waals surface area (Å²) in [6.07, 6.45) is -7.75. The summed E-state index contributed by atoms with van der Waals surface area (Å²) in [6, 6.07) is 6.51. The smallest absolute Gasteiger partial charge is 0.456 e. The number of H-pyrrole nitrogens is 1. The molecule has 0 spiro atoms. The number of rotatable bonds is 5. The number of alkyl halides is 6. The monoisotopic (exact) mass is 494 g/mol. The molecule has 0 aliphatic rings. The number of anilines is 1. The van der Waals surface area contributed by atoms with Gasteiger partial charge >= 0.3 is 12.5 Å². The van der Waals surface area contributed by atoms with Crippen LogP contribution in [0.25, 0.3) is 0 Å². The fourth-order valence-electron chi connectivity index (χ4n) is 2.55. The van der Waals surface area contributed by atoms with E-state index < -0.39 is 46.1 Å². The lowest BCUT2D eigenvalue weighted by atomic mass is 10.1. The summed E-state index contributed by atoms with van der Waals surface area (Å²) in [6.45, 7) is 0. The molecule has 1 heterocycles. The number of ether oxygens (including phenoxy) is 2. The molecule has 14 heteroatoms. The Morgan fingerprint density at radius 1 is 0.970 bits per heavy atom. The first-order valence-electron chi connectivity index (χ1n) is 8.69. The third-order valence-electron chi connectivity index (χ3n) is 3.92. The Kier molecular flexibility index (Phi) is 6.53. The fourth-order valence-corrected chi connectivity index (χ4v) is 2.90. The molecule has 0 saturated heterocycles. The van der Waals surface area contributed by atoms with Crippen molar-refractivity contribution in [2.75, 3.05) is 5.32 Å². The van der Waals surface area contributed by atoms with Gasteiger partial charge in [-0.25, -0.2) is 0 Å². The van der Waals surface area contributed by atoms with Gasteiger partial charge < -0.3 is 14.8 Å². The fraction of sp³-hybridized carbons (Fsp3) is 0.105. The molecule has 3 aromatic rings. The molecule has 0 aliphatic heterocycles. The van der Waals surface area contributed by atoms with Gasteiger partial charge in [0, 0.05) is 6.07 Å². The highest BCUT2D eigenvalue weighted by Gasteiger charge is 2.36. The highest BCUT2D eigenvalue weighted by molar-refractivity contribution is 6.35. The Hall–Kier alpha value is -3.74. The van der Waals surface area contributed by atoms with Crippen LogP contribution in [0.5, 0.6) is 17.2 Å². The van der Waals surface area contributed by atoms with Gasteiger partial charge in [-0.3, -0.25) is 4.79 Å². The summed E-state index contributed by atoms with van der Waals surface area (Å²) in [4.78, 5) is 23.8. The lowest BCUT2D eigenvalue weighted by Gasteiger charge is -2.17. The molecule has 0 fully saturated rings. The maximum Gasteiger partial charge on any atom is 0.573 e. The van der Waals surface area contributed by atoms with Gasteiger partial charge in [0.2, 0.25) is 0 Å². The third-order valence-corrected chi connectivity index (χ3v) is 4.31. The van der Waals surface area contributed by atoms with Crippen LogP contribution in [-0.2, 0) is 6.18 Å². The summed E-state index contributed by atoms with van der Waals surface area (Å²) >= 11 is 5.88. The lowest BCUT2D eigenvalue weighted by Crippen LogP contribution is -2.20. The second kappa shape index (κ2) is 9.02. The standard InChI is InChI=1S/C19H10ClF6N3O4/c20-16-13(18(21,22)23)5-6-14(15(16)17(30)28-10-7-8-29(31)27-9-10)32-11-1-3-12(4-2-11)33-19(24,25)26/h1-9H,(H-,27,28,30,31)/p+1. The number of halogens is 7. The Labute approximate surface area is 185 Å². The SMILES string of the molecule is O=C(Nc1cc[n+](=O)[nH]c1)c1c(Oc2ccc(OC(F)(F)F)cc2)ccc(C(F)(F)F)c1Cl. The van der Waals surface area contributed by atoms with Crippen molar-refractivity contribution in [3.63, 3.8) is 0 Å². The van der Waals surface area contributed by atoms with Crippen molar-refractivity contribution in [3.8, 4) is 17.2 Å². The number of aromatic nitrogens is 2. The molecule has 0 saturated carbocycles. The lowest BCUT2D eigenvalue weighted by molar-refractivity contribution is -0.564. The van der Waals surface area contributed by atoms with Crippen molar-refractivity contribution in [1.82, 2.24) is 5.10 Å². The predicted octanol–water partition coefficient (Wildman–Crippen LogP) is 5.54. The van der Waals surface area contributed by atoms with E-state index in [0.29, 0.717) is 10.6 Å². The van der Waals surface area contributed by atoms with Gasteiger partial charge in [0.05, 0.1) is 27.4 Å². The van der Waals surface area contributed by atoms with Gasteiger partial charge in [-0.05, 0) is 36.4 Å². The Morgan fingerprint density at radius 3 is 2.15 bits per heavy atom. The number of hydrogen-bond donors (Lipinski definition) is 2. The van der Waals surface area contributed by atoms with Crippen LogP contribution >= 0.6 is 11.6 Å². The molecule has 0 aliphatic carbocycles. The molecular formula is C19H11ClF6N3O4+. The Bertz CT molecular complexity index is 1210. The van der Waals surface area contributed by atoms with E-state index in [4.69, 9.17) is 16.3 Å². The molecule has 0 atom stereocenters. The van der Waals surface area contributed by atoms with Gasteiger partial charge in [0.15, 0.2) is 4.54 Å². The molecule has 1 amide bonds. The second-order valence-corrected chi connectivity index (χ2v) is 6.62. The van der Waals surface area contributed by atoms with Crippen molar-refractivity contribution in [1.29, 1.82) is 0 Å². The molecular weight excluding hydrogens is 484 g/mol. The van der Waals surface area contributed by atoms with Gasteiger partial charge in [-0.15, -0.1) is 18.3 Å². The average Bonchev–Trinajstić information content (AvgIpc) is 2.69. The zero-order valence-corrected chi connectivity index (χ0v) is 16.7. The molecule has 3 rings (SSSR count). The molecule has 0 unspecified atom stereocenters. The van der Waals surface area contributed by atoms with E-state index in [1.807, 2.05) is 0 Å². The minimum Gasteiger partial charge on any atom is -0.456 e. The molecule has 2 N–H and O–H groups in total. The van der Waals surface area contributed by atoms with Crippen molar-refractivity contribution in [3.05, 3.63) is 75.9 Å². The largest absolute Gasteiger partial charge is 0.573 e. The first-order valence-corrected chi connectivity index (χ1v) is 9.07. The number of carbonyl (C=O) groups is 1. The molecule has 33 heavy (non-hydrogen) atoms. The number of nitrogens with one attached hydrogen (secondary N) is 2. The molecule has 1 aromatic heterocycles. The van der Waals surface area contributed by atoms with E-state index in [2.05, 4.69) is 15.2 Å². The third kappa shape index (κ3) is 6.16. The van der Waals surface area contributed by atoms with E-state index in [1.54, 1.807) is 0 Å². The van der Waals surface area contributed by atoms with Gasteiger partial charge in [0.1, 0.15) is 22.8 Å². The second-order valence-electron chi connectivity index (χ2n) is 6.24. The van der Waals surface area contributed by atoms with Crippen LogP contribution in [0.3, 0.4) is 0 Å². The van der Waals surface area contributed by atoms with Crippen molar-refractivity contribution in [2.24, 2.45) is 0 Å². The Balaban J connectivity index is 1.97. The van der Waals surface area contributed by atoms with Crippen molar-refractivity contribution in [2.45, 2.75) is 12.5 Å². The number of amides is 1. The maximum atomic E-state index is 13.3. The van der Waals surface area contributed by atoms with Crippen LogP contribution in [0.2, 0.25) is 5.02 Å². The normalized spacial score (nSPS) is 11.7. The van der Waals surface area contributed by atoms with Gasteiger partial charge in [0.25, 0.3) is 12.1 Å². The molecule has 2 aromatic carbocycles. The van der Waals surface area contributed by atoms with Gasteiger partial charge in [-0.2, -0.15) is 13.2 Å². The number of hydrogen-bond acceptors (Lipinski definition) is 4. The molecule has 0 bridgehead atoms. The number of benzene rings is 2. The molecule has 0 radical (unpaired) electrons.